The van der Waals surface area contributed by atoms with Crippen molar-refractivity contribution in [1.29, 1.82) is 0 Å². The van der Waals surface area contributed by atoms with Crippen LogP contribution >= 0.6 is 0 Å². The van der Waals surface area contributed by atoms with Crippen LogP contribution in [0.3, 0.4) is 0 Å². The average Bonchev–Trinajstić information content (AvgIpc) is 2.45. The van der Waals surface area contributed by atoms with Crippen molar-refractivity contribution in [3.05, 3.63) is 29.8 Å². The average molecular weight is 315 g/mol. The molecule has 0 fully saturated rings. The predicted molar refractivity (Wildman–Crippen MR) is 81.7 cm³/mol. The normalized spacial score (nSPS) is 11.1. The van der Waals surface area contributed by atoms with Gasteiger partial charge in [0, 0.05) is 26.8 Å². The third-order valence-electron chi connectivity index (χ3n) is 2.63. The molecule has 118 valence electrons. The Bertz CT molecular complexity index is 560. The minimum Gasteiger partial charge on any atom is -0.385 e. The summed E-state index contributed by atoms with van der Waals surface area (Å²) in [6.45, 7) is 1.00. The zero-order valence-corrected chi connectivity index (χ0v) is 12.8. The van der Waals surface area contributed by atoms with Crippen molar-refractivity contribution in [2.45, 2.75) is 6.42 Å². The van der Waals surface area contributed by atoms with Crippen LogP contribution in [0.2, 0.25) is 0 Å². The number of ether oxygens (including phenoxy) is 1. The maximum atomic E-state index is 11.9. The molecule has 1 aromatic carbocycles. The van der Waals surface area contributed by atoms with Crippen LogP contribution in [-0.2, 0) is 14.8 Å². The molecule has 0 atom stereocenters. The lowest BCUT2D eigenvalue weighted by atomic mass is 10.1. The summed E-state index contributed by atoms with van der Waals surface area (Å²) in [5.74, 6) is -0.435. The first-order chi connectivity index (χ1) is 10.00. The van der Waals surface area contributed by atoms with E-state index in [9.17, 15) is 13.2 Å². The van der Waals surface area contributed by atoms with E-state index in [4.69, 9.17) is 10.5 Å². The number of benzene rings is 1. The first-order valence-corrected chi connectivity index (χ1v) is 8.22. The molecule has 1 aromatic rings. The smallest absolute Gasteiger partial charge is 0.253 e. The summed E-state index contributed by atoms with van der Waals surface area (Å²) >= 11 is 0. The van der Waals surface area contributed by atoms with Crippen molar-refractivity contribution >= 4 is 21.6 Å². The molecule has 0 heterocycles. The molecule has 0 aliphatic heterocycles. The molecule has 0 radical (unpaired) electrons. The Balaban J connectivity index is 2.81. The second-order valence-corrected chi connectivity index (χ2v) is 6.20. The van der Waals surface area contributed by atoms with Crippen molar-refractivity contribution in [3.8, 4) is 0 Å². The number of amides is 1. The molecule has 4 N–H and O–H groups in total. The fourth-order valence-corrected chi connectivity index (χ4v) is 2.78. The van der Waals surface area contributed by atoms with Crippen LogP contribution in [0.15, 0.2) is 24.3 Å². The van der Waals surface area contributed by atoms with E-state index in [0.717, 1.165) is 0 Å². The molecule has 1 amide bonds. The van der Waals surface area contributed by atoms with E-state index in [-0.39, 0.29) is 22.9 Å². The third-order valence-corrected chi connectivity index (χ3v) is 3.99. The monoisotopic (exact) mass is 315 g/mol. The van der Waals surface area contributed by atoms with E-state index in [0.29, 0.717) is 26.1 Å². The summed E-state index contributed by atoms with van der Waals surface area (Å²) in [5, 5.41) is 2.61. The molecule has 0 saturated carbocycles. The molecule has 7 nitrogen and oxygen atoms in total. The number of anilines is 1. The number of methoxy groups -OCH3 is 1. The van der Waals surface area contributed by atoms with Crippen molar-refractivity contribution in [2.75, 3.05) is 37.3 Å². The van der Waals surface area contributed by atoms with Crippen LogP contribution in [0.25, 0.3) is 0 Å². The minimum atomic E-state index is -3.52. The highest BCUT2D eigenvalue weighted by atomic mass is 32.2. The van der Waals surface area contributed by atoms with Gasteiger partial charge < -0.3 is 15.8 Å². The van der Waals surface area contributed by atoms with E-state index in [1.54, 1.807) is 24.3 Å². The summed E-state index contributed by atoms with van der Waals surface area (Å²) in [7, 11) is -2.01. The summed E-state index contributed by atoms with van der Waals surface area (Å²) in [5.41, 5.74) is 5.84. The number of rotatable bonds is 9. The van der Waals surface area contributed by atoms with Gasteiger partial charge in [-0.1, -0.05) is 12.1 Å². The topological polar surface area (TPSA) is 111 Å². The predicted octanol–water partition coefficient (Wildman–Crippen LogP) is 0.153. The third kappa shape index (κ3) is 6.11. The van der Waals surface area contributed by atoms with E-state index < -0.39 is 10.0 Å². The maximum absolute atomic E-state index is 11.9. The highest BCUT2D eigenvalue weighted by Gasteiger charge is 2.16. The van der Waals surface area contributed by atoms with E-state index in [1.807, 2.05) is 0 Å². The number of hydrogen-bond donors (Lipinski definition) is 3. The minimum absolute atomic E-state index is 0.0698. The van der Waals surface area contributed by atoms with Gasteiger partial charge in [0.2, 0.25) is 10.0 Å². The highest BCUT2D eigenvalue weighted by Crippen LogP contribution is 2.16. The molecular weight excluding hydrogens is 294 g/mol. The number of nitrogens with one attached hydrogen (secondary N) is 2. The Labute approximate surface area is 124 Å². The Morgan fingerprint density at radius 2 is 2.05 bits per heavy atom. The summed E-state index contributed by atoms with van der Waals surface area (Å²) in [4.78, 5) is 11.9. The molecular formula is C13H21N3O4S. The number of nitrogens with two attached hydrogens (primary N) is 1. The van der Waals surface area contributed by atoms with Gasteiger partial charge in [-0.3, -0.25) is 9.52 Å². The maximum Gasteiger partial charge on any atom is 0.253 e. The molecule has 0 aliphatic rings. The molecule has 8 heteroatoms. The zero-order chi connectivity index (χ0) is 15.7. The summed E-state index contributed by atoms with van der Waals surface area (Å²) in [6.07, 6.45) is 0.382. The van der Waals surface area contributed by atoms with Crippen molar-refractivity contribution in [1.82, 2.24) is 5.32 Å². The van der Waals surface area contributed by atoms with Crippen LogP contribution in [-0.4, -0.2) is 46.9 Å². The number of sulfonamides is 1. The van der Waals surface area contributed by atoms with Crippen molar-refractivity contribution in [3.63, 3.8) is 0 Å². The van der Waals surface area contributed by atoms with Gasteiger partial charge in [-0.15, -0.1) is 0 Å². The highest BCUT2D eigenvalue weighted by molar-refractivity contribution is 7.92. The standard InChI is InChI=1S/C13H21N3O4S/c1-20-9-4-10-21(18,19)16-12-6-3-2-5-11(12)13(17)15-8-7-14/h2-3,5-6,16H,4,7-10,14H2,1H3,(H,15,17). The molecule has 21 heavy (non-hydrogen) atoms. The molecule has 0 bridgehead atoms. The largest absolute Gasteiger partial charge is 0.385 e. The second-order valence-electron chi connectivity index (χ2n) is 4.36. The van der Waals surface area contributed by atoms with Gasteiger partial charge in [0.05, 0.1) is 17.0 Å². The van der Waals surface area contributed by atoms with Gasteiger partial charge in [0.1, 0.15) is 0 Å². The van der Waals surface area contributed by atoms with Crippen LogP contribution in [0, 0.1) is 0 Å². The Morgan fingerprint density at radius 3 is 2.71 bits per heavy atom. The van der Waals surface area contributed by atoms with Crippen LogP contribution < -0.4 is 15.8 Å². The lowest BCUT2D eigenvalue weighted by molar-refractivity contribution is 0.0955. The summed E-state index contributed by atoms with van der Waals surface area (Å²) in [6, 6.07) is 6.43. The Morgan fingerprint density at radius 1 is 1.33 bits per heavy atom. The molecule has 0 aromatic heterocycles. The Hall–Kier alpha value is -1.64. The first kappa shape index (κ1) is 17.4. The van der Waals surface area contributed by atoms with Gasteiger partial charge in [0.25, 0.3) is 5.91 Å². The van der Waals surface area contributed by atoms with Crippen molar-refractivity contribution < 1.29 is 17.9 Å². The lowest BCUT2D eigenvalue weighted by Gasteiger charge is -2.12. The second kappa shape index (κ2) is 8.60. The molecule has 0 saturated heterocycles. The van der Waals surface area contributed by atoms with Crippen LogP contribution in [0.4, 0.5) is 5.69 Å². The fraction of sp³-hybridized carbons (Fsp3) is 0.462. The van der Waals surface area contributed by atoms with E-state index in [2.05, 4.69) is 10.0 Å². The van der Waals surface area contributed by atoms with Gasteiger partial charge >= 0.3 is 0 Å². The number of hydrogen-bond acceptors (Lipinski definition) is 5. The Kier molecular flexibility index (Phi) is 7.13. The molecule has 0 spiro atoms. The van der Waals surface area contributed by atoms with E-state index >= 15 is 0 Å². The molecule has 0 aliphatic carbocycles. The van der Waals surface area contributed by atoms with E-state index in [1.165, 1.54) is 7.11 Å². The van der Waals surface area contributed by atoms with Gasteiger partial charge in [-0.2, -0.15) is 0 Å². The first-order valence-electron chi connectivity index (χ1n) is 6.57. The van der Waals surface area contributed by atoms with Crippen LogP contribution in [0.5, 0.6) is 0 Å². The lowest BCUT2D eigenvalue weighted by Crippen LogP contribution is -2.30. The SMILES string of the molecule is COCCCS(=O)(=O)Nc1ccccc1C(=O)NCCN. The fourth-order valence-electron chi connectivity index (χ4n) is 1.66. The number of carbonyl (C=O) groups excluding carboxylic acids is 1. The quantitative estimate of drug-likeness (QED) is 0.562. The molecule has 1 rings (SSSR count). The van der Waals surface area contributed by atoms with Crippen LogP contribution in [0.1, 0.15) is 16.8 Å². The zero-order valence-electron chi connectivity index (χ0n) is 12.0. The molecule has 0 unspecified atom stereocenters. The summed E-state index contributed by atoms with van der Waals surface area (Å²) < 4.78 is 31.1. The number of para-hydroxylation sites is 1. The van der Waals surface area contributed by atoms with Crippen molar-refractivity contribution in [2.24, 2.45) is 5.73 Å². The number of carbonyl (C=O) groups is 1. The van der Waals surface area contributed by atoms with Gasteiger partial charge in [-0.25, -0.2) is 8.42 Å². The van der Waals surface area contributed by atoms with Gasteiger partial charge in [-0.05, 0) is 18.6 Å². The van der Waals surface area contributed by atoms with Gasteiger partial charge in [0.15, 0.2) is 0 Å².